The number of para-hydroxylation sites is 2. The fourth-order valence-corrected chi connectivity index (χ4v) is 2.45. The zero-order valence-corrected chi connectivity index (χ0v) is 11.8. The fraction of sp³-hybridized carbons (Fsp3) is 0.250. The van der Waals surface area contributed by atoms with Crippen LogP contribution in [-0.4, -0.2) is 24.6 Å². The lowest BCUT2D eigenvalue weighted by Crippen LogP contribution is -2.08. The summed E-state index contributed by atoms with van der Waals surface area (Å²) in [6, 6.07) is 20.7. The van der Waals surface area contributed by atoms with Gasteiger partial charge in [0.2, 0.25) is 0 Å². The summed E-state index contributed by atoms with van der Waals surface area (Å²) in [5.41, 5.74) is 2.40. The maximum atomic E-state index is 3.41. The van der Waals surface area contributed by atoms with Crippen LogP contribution in [0.15, 0.2) is 60.7 Å². The number of nitrogens with one attached hydrogen (secondary N) is 2. The summed E-state index contributed by atoms with van der Waals surface area (Å²) in [4.78, 5) is 0. The van der Waals surface area contributed by atoms with Crippen molar-refractivity contribution in [1.29, 1.82) is 0 Å². The van der Waals surface area contributed by atoms with Crippen LogP contribution in [0, 0.1) is 0 Å². The molecular weight excluding hydrogens is 252 g/mol. The molecule has 100 valence electrons. The van der Waals surface area contributed by atoms with Crippen molar-refractivity contribution < 1.29 is 0 Å². The van der Waals surface area contributed by atoms with Gasteiger partial charge in [-0.15, -0.1) is 0 Å². The molecule has 0 saturated carbocycles. The van der Waals surface area contributed by atoms with Crippen molar-refractivity contribution in [2.75, 3.05) is 35.2 Å². The first kappa shape index (κ1) is 13.8. The predicted molar refractivity (Wildman–Crippen MR) is 87.2 cm³/mol. The Kier molecular flexibility index (Phi) is 6.17. The molecule has 0 aliphatic heterocycles. The Morgan fingerprint density at radius 1 is 0.632 bits per heavy atom. The molecule has 2 aromatic carbocycles. The van der Waals surface area contributed by atoms with Crippen LogP contribution in [0.3, 0.4) is 0 Å². The summed E-state index contributed by atoms with van der Waals surface area (Å²) in [6.07, 6.45) is 0. The SMILES string of the molecule is c1ccc(NCCSCCNc2ccccc2)cc1. The Labute approximate surface area is 119 Å². The molecule has 19 heavy (non-hydrogen) atoms. The average molecular weight is 272 g/mol. The van der Waals surface area contributed by atoms with E-state index in [9.17, 15) is 0 Å². The highest BCUT2D eigenvalue weighted by atomic mass is 32.2. The Bertz CT molecular complexity index is 401. The second-order valence-corrected chi connectivity index (χ2v) is 5.42. The Hall–Kier alpha value is -1.61. The molecule has 2 nitrogen and oxygen atoms in total. The maximum Gasteiger partial charge on any atom is 0.0340 e. The third-order valence-electron chi connectivity index (χ3n) is 2.70. The third kappa shape index (κ3) is 5.71. The average Bonchev–Trinajstić information content (AvgIpc) is 2.48. The molecule has 2 rings (SSSR count). The Balaban J connectivity index is 1.49. The number of anilines is 2. The molecule has 0 atom stereocenters. The molecule has 0 saturated heterocycles. The van der Waals surface area contributed by atoms with Crippen molar-refractivity contribution in [3.05, 3.63) is 60.7 Å². The molecule has 0 aromatic heterocycles. The van der Waals surface area contributed by atoms with E-state index < -0.39 is 0 Å². The number of benzene rings is 2. The normalized spacial score (nSPS) is 10.1. The molecule has 0 spiro atoms. The van der Waals surface area contributed by atoms with Crippen LogP contribution in [0.5, 0.6) is 0 Å². The van der Waals surface area contributed by atoms with Crippen molar-refractivity contribution in [2.24, 2.45) is 0 Å². The summed E-state index contributed by atoms with van der Waals surface area (Å²) in [6.45, 7) is 2.03. The van der Waals surface area contributed by atoms with E-state index in [1.807, 2.05) is 23.9 Å². The molecule has 0 heterocycles. The second-order valence-electron chi connectivity index (χ2n) is 4.20. The minimum Gasteiger partial charge on any atom is -0.384 e. The molecule has 0 amide bonds. The predicted octanol–water partition coefficient (Wildman–Crippen LogP) is 3.94. The standard InChI is InChI=1S/C16H20N2S/c1-3-7-15(8-4-1)17-11-13-19-14-12-18-16-9-5-2-6-10-16/h1-10,17-18H,11-14H2. The van der Waals surface area contributed by atoms with Crippen molar-refractivity contribution in [3.8, 4) is 0 Å². The number of thioether (sulfide) groups is 1. The minimum atomic E-state index is 1.01. The quantitative estimate of drug-likeness (QED) is 0.712. The third-order valence-corrected chi connectivity index (χ3v) is 3.68. The molecule has 0 radical (unpaired) electrons. The van der Waals surface area contributed by atoms with Gasteiger partial charge < -0.3 is 10.6 Å². The van der Waals surface area contributed by atoms with Crippen LogP contribution in [0.1, 0.15) is 0 Å². The molecule has 0 unspecified atom stereocenters. The van der Waals surface area contributed by atoms with E-state index in [1.165, 1.54) is 11.4 Å². The van der Waals surface area contributed by atoms with E-state index in [4.69, 9.17) is 0 Å². The van der Waals surface area contributed by atoms with Gasteiger partial charge in [-0.2, -0.15) is 11.8 Å². The summed E-state index contributed by atoms with van der Waals surface area (Å²) in [5.74, 6) is 2.26. The summed E-state index contributed by atoms with van der Waals surface area (Å²) in [5, 5.41) is 6.82. The molecule has 0 aliphatic rings. The Morgan fingerprint density at radius 3 is 1.47 bits per heavy atom. The Morgan fingerprint density at radius 2 is 1.05 bits per heavy atom. The highest BCUT2D eigenvalue weighted by Gasteiger charge is 1.92. The van der Waals surface area contributed by atoms with Gasteiger partial charge in [0.05, 0.1) is 0 Å². The fourth-order valence-electron chi connectivity index (χ4n) is 1.75. The van der Waals surface area contributed by atoms with Gasteiger partial charge in [0.1, 0.15) is 0 Å². The van der Waals surface area contributed by atoms with Crippen LogP contribution in [0.2, 0.25) is 0 Å². The maximum absolute atomic E-state index is 3.41. The van der Waals surface area contributed by atoms with Crippen LogP contribution >= 0.6 is 11.8 Å². The van der Waals surface area contributed by atoms with Crippen molar-refractivity contribution >= 4 is 23.1 Å². The second kappa shape index (κ2) is 8.48. The van der Waals surface area contributed by atoms with Gasteiger partial charge in [-0.25, -0.2) is 0 Å². The zero-order valence-electron chi connectivity index (χ0n) is 11.0. The van der Waals surface area contributed by atoms with Crippen molar-refractivity contribution in [2.45, 2.75) is 0 Å². The van der Waals surface area contributed by atoms with Gasteiger partial charge in [-0.3, -0.25) is 0 Å². The van der Waals surface area contributed by atoms with Crippen molar-refractivity contribution in [3.63, 3.8) is 0 Å². The van der Waals surface area contributed by atoms with E-state index >= 15 is 0 Å². The summed E-state index contributed by atoms with van der Waals surface area (Å²) in [7, 11) is 0. The van der Waals surface area contributed by atoms with Gasteiger partial charge in [-0.05, 0) is 24.3 Å². The van der Waals surface area contributed by atoms with Crippen molar-refractivity contribution in [1.82, 2.24) is 0 Å². The molecule has 2 aromatic rings. The highest BCUT2D eigenvalue weighted by molar-refractivity contribution is 7.99. The lowest BCUT2D eigenvalue weighted by atomic mass is 10.3. The van der Waals surface area contributed by atoms with E-state index in [0.29, 0.717) is 0 Å². The first-order valence-electron chi connectivity index (χ1n) is 6.61. The van der Waals surface area contributed by atoms with Gasteiger partial charge in [-0.1, -0.05) is 36.4 Å². The molecule has 3 heteroatoms. The largest absolute Gasteiger partial charge is 0.384 e. The molecule has 0 bridgehead atoms. The smallest absolute Gasteiger partial charge is 0.0340 e. The van der Waals surface area contributed by atoms with Gasteiger partial charge in [0.25, 0.3) is 0 Å². The summed E-state index contributed by atoms with van der Waals surface area (Å²) >= 11 is 1.97. The lowest BCUT2D eigenvalue weighted by molar-refractivity contribution is 1.20. The van der Waals surface area contributed by atoms with Gasteiger partial charge in [0.15, 0.2) is 0 Å². The molecular formula is C16H20N2S. The zero-order chi connectivity index (χ0) is 13.2. The van der Waals surface area contributed by atoms with E-state index in [1.54, 1.807) is 0 Å². The summed E-state index contributed by atoms with van der Waals surface area (Å²) < 4.78 is 0. The van der Waals surface area contributed by atoms with Crippen LogP contribution < -0.4 is 10.6 Å². The van der Waals surface area contributed by atoms with E-state index in [2.05, 4.69) is 59.2 Å². The number of hydrogen-bond acceptors (Lipinski definition) is 3. The number of rotatable bonds is 8. The van der Waals surface area contributed by atoms with E-state index in [-0.39, 0.29) is 0 Å². The van der Waals surface area contributed by atoms with Crippen LogP contribution in [0.25, 0.3) is 0 Å². The first-order chi connectivity index (χ1) is 9.45. The first-order valence-corrected chi connectivity index (χ1v) is 7.76. The van der Waals surface area contributed by atoms with Crippen LogP contribution in [-0.2, 0) is 0 Å². The highest BCUT2D eigenvalue weighted by Crippen LogP contribution is 2.07. The van der Waals surface area contributed by atoms with E-state index in [0.717, 1.165) is 24.6 Å². The molecule has 2 N–H and O–H groups in total. The molecule has 0 fully saturated rings. The van der Waals surface area contributed by atoms with Gasteiger partial charge >= 0.3 is 0 Å². The number of hydrogen-bond donors (Lipinski definition) is 2. The van der Waals surface area contributed by atoms with Gasteiger partial charge in [0, 0.05) is 36.0 Å². The van der Waals surface area contributed by atoms with Crippen LogP contribution in [0.4, 0.5) is 11.4 Å². The topological polar surface area (TPSA) is 24.1 Å². The monoisotopic (exact) mass is 272 g/mol. The lowest BCUT2D eigenvalue weighted by Gasteiger charge is -2.07. The molecule has 0 aliphatic carbocycles. The minimum absolute atomic E-state index is 1.01.